The van der Waals surface area contributed by atoms with Crippen molar-refractivity contribution < 1.29 is 28.1 Å². The van der Waals surface area contributed by atoms with Crippen LogP contribution in [0.2, 0.25) is 0 Å². The van der Waals surface area contributed by atoms with Crippen molar-refractivity contribution in [1.29, 1.82) is 0 Å². The molecule has 0 saturated heterocycles. The van der Waals surface area contributed by atoms with E-state index in [1.54, 1.807) is 25.1 Å². The van der Waals surface area contributed by atoms with E-state index in [1.807, 2.05) is 49.4 Å². The molecule has 0 aliphatic rings. The summed E-state index contributed by atoms with van der Waals surface area (Å²) in [6.07, 6.45) is 0.620. The van der Waals surface area contributed by atoms with Crippen molar-refractivity contribution in [2.45, 2.75) is 33.3 Å². The summed E-state index contributed by atoms with van der Waals surface area (Å²) in [5.74, 6) is 1.32. The van der Waals surface area contributed by atoms with E-state index in [1.165, 1.54) is 6.07 Å². The molecule has 5 nitrogen and oxygen atoms in total. The maximum absolute atomic E-state index is 14.5. The fourth-order valence-electron chi connectivity index (χ4n) is 3.11. The second-order valence-corrected chi connectivity index (χ2v) is 7.02. The minimum Gasteiger partial charge on any atom is -0.494 e. The van der Waals surface area contributed by atoms with E-state index < -0.39 is 5.82 Å². The van der Waals surface area contributed by atoms with Crippen LogP contribution in [0.3, 0.4) is 0 Å². The van der Waals surface area contributed by atoms with E-state index in [9.17, 15) is 9.18 Å². The molecule has 0 aliphatic heterocycles. The van der Waals surface area contributed by atoms with Crippen molar-refractivity contribution in [2.75, 3.05) is 13.2 Å². The monoisotopic (exact) mass is 438 g/mol. The minimum absolute atomic E-state index is 0.136. The van der Waals surface area contributed by atoms with Gasteiger partial charge in [0.1, 0.15) is 23.9 Å². The standard InChI is InChI=1S/C26H27FO5/c1-3-29-22-14-20(15-23(17-22)32-21-8-6-5-7-9-21)18-31-25-12-10-19(16-24(25)27)11-13-26(28)30-4-2/h5-10,12,14-17H,3-4,11,13,18H2,1-2H3. The minimum atomic E-state index is -0.479. The number of halogens is 1. The SMILES string of the molecule is CCOC(=O)CCc1ccc(OCc2cc(OCC)cc(Oc3ccccc3)c2)c(F)c1. The van der Waals surface area contributed by atoms with Crippen LogP contribution in [0.4, 0.5) is 4.39 Å². The number of esters is 1. The van der Waals surface area contributed by atoms with Gasteiger partial charge in [0.2, 0.25) is 0 Å². The number of carbonyl (C=O) groups excluding carboxylic acids is 1. The van der Waals surface area contributed by atoms with E-state index in [-0.39, 0.29) is 24.7 Å². The smallest absolute Gasteiger partial charge is 0.306 e. The van der Waals surface area contributed by atoms with Gasteiger partial charge in [0.05, 0.1) is 13.2 Å². The summed E-state index contributed by atoms with van der Waals surface area (Å²) >= 11 is 0. The molecule has 0 atom stereocenters. The molecule has 0 saturated carbocycles. The molecule has 0 radical (unpaired) electrons. The fraction of sp³-hybridized carbons (Fsp3) is 0.269. The van der Waals surface area contributed by atoms with Crippen LogP contribution in [0, 0.1) is 5.82 Å². The maximum Gasteiger partial charge on any atom is 0.306 e. The quantitative estimate of drug-likeness (QED) is 0.339. The Balaban J connectivity index is 1.66. The van der Waals surface area contributed by atoms with Crippen LogP contribution in [-0.4, -0.2) is 19.2 Å². The van der Waals surface area contributed by atoms with Gasteiger partial charge in [0.15, 0.2) is 11.6 Å². The first-order valence-electron chi connectivity index (χ1n) is 10.6. The molecule has 3 rings (SSSR count). The number of hydrogen-bond acceptors (Lipinski definition) is 5. The number of ether oxygens (including phenoxy) is 4. The average molecular weight is 438 g/mol. The van der Waals surface area contributed by atoms with Gasteiger partial charge in [-0.15, -0.1) is 0 Å². The Hall–Kier alpha value is -3.54. The van der Waals surface area contributed by atoms with Gasteiger partial charge in [-0.25, -0.2) is 4.39 Å². The largest absolute Gasteiger partial charge is 0.494 e. The molecule has 32 heavy (non-hydrogen) atoms. The Morgan fingerprint density at radius 3 is 2.31 bits per heavy atom. The van der Waals surface area contributed by atoms with E-state index in [2.05, 4.69) is 0 Å². The molecule has 0 heterocycles. The van der Waals surface area contributed by atoms with E-state index in [0.29, 0.717) is 42.4 Å². The Bertz CT molecular complexity index is 1020. The van der Waals surface area contributed by atoms with Crippen LogP contribution in [0.25, 0.3) is 0 Å². The van der Waals surface area contributed by atoms with E-state index in [4.69, 9.17) is 18.9 Å². The van der Waals surface area contributed by atoms with E-state index >= 15 is 0 Å². The zero-order valence-electron chi connectivity index (χ0n) is 18.3. The summed E-state index contributed by atoms with van der Waals surface area (Å²) in [7, 11) is 0. The number of benzene rings is 3. The van der Waals surface area contributed by atoms with Gasteiger partial charge in [-0.05, 0) is 67.8 Å². The summed E-state index contributed by atoms with van der Waals surface area (Å²) in [6, 6.07) is 19.6. The summed E-state index contributed by atoms with van der Waals surface area (Å²) in [4.78, 5) is 11.5. The number of para-hydroxylation sites is 1. The molecule has 0 unspecified atom stereocenters. The maximum atomic E-state index is 14.5. The van der Waals surface area contributed by atoms with Crippen molar-refractivity contribution in [3.63, 3.8) is 0 Å². The first kappa shape index (κ1) is 23.1. The number of hydrogen-bond donors (Lipinski definition) is 0. The van der Waals surface area contributed by atoms with Gasteiger partial charge in [0, 0.05) is 12.5 Å². The molecule has 0 aliphatic carbocycles. The molecule has 0 N–H and O–H groups in total. The molecular formula is C26H27FO5. The highest BCUT2D eigenvalue weighted by Gasteiger charge is 2.10. The van der Waals surface area contributed by atoms with Gasteiger partial charge in [-0.2, -0.15) is 0 Å². The zero-order chi connectivity index (χ0) is 22.8. The van der Waals surface area contributed by atoms with Gasteiger partial charge in [0.25, 0.3) is 0 Å². The zero-order valence-corrected chi connectivity index (χ0v) is 18.3. The predicted molar refractivity (Wildman–Crippen MR) is 120 cm³/mol. The third-order valence-corrected chi connectivity index (χ3v) is 4.54. The molecule has 3 aromatic rings. The topological polar surface area (TPSA) is 54.0 Å². The summed E-state index contributed by atoms with van der Waals surface area (Å²) in [6.45, 7) is 4.65. The van der Waals surface area contributed by atoms with Crippen molar-refractivity contribution in [1.82, 2.24) is 0 Å². The molecule has 0 aromatic heterocycles. The second-order valence-electron chi connectivity index (χ2n) is 7.02. The highest BCUT2D eigenvalue weighted by molar-refractivity contribution is 5.69. The lowest BCUT2D eigenvalue weighted by Gasteiger charge is -2.13. The molecular weight excluding hydrogens is 411 g/mol. The lowest BCUT2D eigenvalue weighted by molar-refractivity contribution is -0.143. The van der Waals surface area contributed by atoms with Gasteiger partial charge in [-0.1, -0.05) is 24.3 Å². The van der Waals surface area contributed by atoms with Crippen molar-refractivity contribution in [3.05, 3.63) is 83.7 Å². The Morgan fingerprint density at radius 2 is 1.59 bits per heavy atom. The molecule has 6 heteroatoms. The Labute approximate surface area is 187 Å². The second kappa shape index (κ2) is 11.7. The van der Waals surface area contributed by atoms with Crippen molar-refractivity contribution >= 4 is 5.97 Å². The Kier molecular flexibility index (Phi) is 8.49. The number of rotatable bonds is 11. The lowest BCUT2D eigenvalue weighted by atomic mass is 10.1. The normalized spacial score (nSPS) is 10.5. The first-order chi connectivity index (χ1) is 15.6. The van der Waals surface area contributed by atoms with Crippen LogP contribution in [-0.2, 0) is 22.6 Å². The van der Waals surface area contributed by atoms with Crippen molar-refractivity contribution in [2.24, 2.45) is 0 Å². The van der Waals surface area contributed by atoms with Gasteiger partial charge < -0.3 is 18.9 Å². The first-order valence-corrected chi connectivity index (χ1v) is 10.6. The average Bonchev–Trinajstić information content (AvgIpc) is 2.78. The number of carbonyl (C=O) groups is 1. The summed E-state index contributed by atoms with van der Waals surface area (Å²) < 4.78 is 36.7. The van der Waals surface area contributed by atoms with Gasteiger partial charge in [-0.3, -0.25) is 4.79 Å². The van der Waals surface area contributed by atoms with Crippen LogP contribution in [0.5, 0.6) is 23.0 Å². The molecule has 3 aromatic carbocycles. The number of aryl methyl sites for hydroxylation is 1. The molecule has 0 fully saturated rings. The molecule has 0 amide bonds. The van der Waals surface area contributed by atoms with Crippen LogP contribution in [0.1, 0.15) is 31.4 Å². The summed E-state index contributed by atoms with van der Waals surface area (Å²) in [5.41, 5.74) is 1.49. The van der Waals surface area contributed by atoms with Crippen LogP contribution >= 0.6 is 0 Å². The highest BCUT2D eigenvalue weighted by atomic mass is 19.1. The molecule has 0 spiro atoms. The molecule has 168 valence electrons. The van der Waals surface area contributed by atoms with Crippen molar-refractivity contribution in [3.8, 4) is 23.0 Å². The van der Waals surface area contributed by atoms with Gasteiger partial charge >= 0.3 is 5.97 Å². The third kappa shape index (κ3) is 7.01. The predicted octanol–water partition coefficient (Wildman–Crippen LogP) is 6.09. The van der Waals surface area contributed by atoms with E-state index in [0.717, 1.165) is 5.56 Å². The van der Waals surface area contributed by atoms with Crippen LogP contribution in [0.15, 0.2) is 66.7 Å². The third-order valence-electron chi connectivity index (χ3n) is 4.54. The van der Waals surface area contributed by atoms with Crippen LogP contribution < -0.4 is 14.2 Å². The lowest BCUT2D eigenvalue weighted by Crippen LogP contribution is -2.05. The fourth-order valence-corrected chi connectivity index (χ4v) is 3.11. The Morgan fingerprint density at radius 1 is 0.812 bits per heavy atom. The highest BCUT2D eigenvalue weighted by Crippen LogP contribution is 2.29. The summed E-state index contributed by atoms with van der Waals surface area (Å²) in [5, 5.41) is 0. The molecule has 0 bridgehead atoms.